The highest BCUT2D eigenvalue weighted by molar-refractivity contribution is 7.90. The van der Waals surface area contributed by atoms with Gasteiger partial charge in [0.1, 0.15) is 11.3 Å². The number of amides is 2. The van der Waals surface area contributed by atoms with E-state index in [0.717, 1.165) is 11.3 Å². The van der Waals surface area contributed by atoms with Gasteiger partial charge in [-0.3, -0.25) is 9.59 Å². The lowest BCUT2D eigenvalue weighted by atomic mass is 9.81. The molecule has 0 spiro atoms. The van der Waals surface area contributed by atoms with E-state index in [1.807, 2.05) is 40.7 Å². The predicted molar refractivity (Wildman–Crippen MR) is 143 cm³/mol. The number of halogens is 2. The largest absolute Gasteiger partial charge is 0.449 e. The predicted octanol–water partition coefficient (Wildman–Crippen LogP) is 4.03. The maximum Gasteiger partial charge on any atom is 0.290 e. The molecule has 1 aliphatic carbocycles. The molecule has 0 bridgehead atoms. The van der Waals surface area contributed by atoms with Gasteiger partial charge in [-0.25, -0.2) is 26.9 Å². The second-order valence-corrected chi connectivity index (χ2v) is 14.3. The number of piperazine rings is 1. The topological polar surface area (TPSA) is 113 Å². The molecule has 9 nitrogen and oxygen atoms in total. The molecule has 2 amide bonds. The van der Waals surface area contributed by atoms with Crippen LogP contribution >= 0.6 is 0 Å². The molecule has 2 aromatic rings. The van der Waals surface area contributed by atoms with Crippen LogP contribution in [0.1, 0.15) is 88.0 Å². The Bertz CT molecular complexity index is 1370. The number of hydrogen-bond acceptors (Lipinski definition) is 6. The average Bonchev–Trinajstić information content (AvgIpc) is 3.25. The minimum Gasteiger partial charge on any atom is -0.449 e. The number of sulfonamides is 1. The number of carbonyl (C=O) groups excluding carboxylic acids is 2. The highest BCUT2D eigenvalue weighted by Crippen LogP contribution is 2.42. The van der Waals surface area contributed by atoms with Crippen LogP contribution < -0.4 is 4.72 Å². The molecule has 0 aromatic carbocycles. The molecule has 2 aromatic heterocycles. The van der Waals surface area contributed by atoms with Gasteiger partial charge < -0.3 is 14.2 Å². The number of aromatic nitrogens is 1. The smallest absolute Gasteiger partial charge is 0.290 e. The molecule has 12 heteroatoms. The van der Waals surface area contributed by atoms with Crippen molar-refractivity contribution in [3.63, 3.8) is 0 Å². The van der Waals surface area contributed by atoms with Gasteiger partial charge in [0.15, 0.2) is 11.3 Å². The van der Waals surface area contributed by atoms with Crippen molar-refractivity contribution in [3.05, 3.63) is 29.2 Å². The average molecular weight is 569 g/mol. The third-order valence-electron chi connectivity index (χ3n) is 7.78. The number of nitrogens with zero attached hydrogens (tertiary/aromatic N) is 3. The van der Waals surface area contributed by atoms with E-state index >= 15 is 0 Å². The molecular formula is C27H38F2N4O5S. The summed E-state index contributed by atoms with van der Waals surface area (Å²) in [7, 11) is -2.45. The zero-order valence-corrected chi connectivity index (χ0v) is 24.3. The van der Waals surface area contributed by atoms with E-state index in [1.54, 1.807) is 11.0 Å². The summed E-state index contributed by atoms with van der Waals surface area (Å²) >= 11 is 0. The first-order valence-electron chi connectivity index (χ1n) is 13.3. The molecule has 2 fully saturated rings. The van der Waals surface area contributed by atoms with Crippen molar-refractivity contribution in [1.29, 1.82) is 0 Å². The number of nitrogens with one attached hydrogen (secondary N) is 1. The Morgan fingerprint density at radius 1 is 1.15 bits per heavy atom. The van der Waals surface area contributed by atoms with Crippen molar-refractivity contribution in [1.82, 2.24) is 19.5 Å². The van der Waals surface area contributed by atoms with Gasteiger partial charge in [0, 0.05) is 55.7 Å². The molecule has 4 rings (SSSR count). The number of pyridine rings is 1. The number of furan rings is 1. The second-order valence-electron chi connectivity index (χ2n) is 12.3. The summed E-state index contributed by atoms with van der Waals surface area (Å²) in [5, 5.41) is 0. The number of carbonyl (C=O) groups is 2. The van der Waals surface area contributed by atoms with Crippen molar-refractivity contribution in [2.75, 3.05) is 32.4 Å². The van der Waals surface area contributed by atoms with Crippen LogP contribution in [0.5, 0.6) is 0 Å². The quantitative estimate of drug-likeness (QED) is 0.583. The number of hydrogen-bond donors (Lipinski definition) is 1. The van der Waals surface area contributed by atoms with E-state index in [1.165, 1.54) is 11.9 Å². The SMILES string of the molecule is CNS(=O)(=O)CC(=O)N1CCN(C(=O)c2cc3nc(C4CCC(F)(F)CC4)cc(C(C)(C)C)c3o2)C(C)(C)C1. The van der Waals surface area contributed by atoms with E-state index in [2.05, 4.69) is 4.72 Å². The molecule has 2 aliphatic rings. The summed E-state index contributed by atoms with van der Waals surface area (Å²) in [4.78, 5) is 34.1. The lowest BCUT2D eigenvalue weighted by molar-refractivity contribution is -0.132. The minimum absolute atomic E-state index is 0.0829. The Balaban J connectivity index is 1.61. The van der Waals surface area contributed by atoms with Crippen LogP contribution in [0.2, 0.25) is 0 Å². The van der Waals surface area contributed by atoms with Gasteiger partial charge in [-0.2, -0.15) is 0 Å². The summed E-state index contributed by atoms with van der Waals surface area (Å²) in [5.74, 6) is -4.14. The second kappa shape index (κ2) is 10.1. The Morgan fingerprint density at radius 3 is 2.36 bits per heavy atom. The fourth-order valence-corrected chi connectivity index (χ4v) is 6.10. The lowest BCUT2D eigenvalue weighted by Crippen LogP contribution is -2.62. The first-order chi connectivity index (χ1) is 17.9. The molecule has 39 heavy (non-hydrogen) atoms. The van der Waals surface area contributed by atoms with E-state index in [4.69, 9.17) is 9.40 Å². The van der Waals surface area contributed by atoms with Crippen LogP contribution in [-0.4, -0.2) is 78.9 Å². The van der Waals surface area contributed by atoms with E-state index < -0.39 is 33.1 Å². The maximum atomic E-state index is 13.8. The van der Waals surface area contributed by atoms with Crippen LogP contribution in [0, 0.1) is 0 Å². The van der Waals surface area contributed by atoms with Gasteiger partial charge in [-0.15, -0.1) is 0 Å². The standard InChI is InChI=1S/C27H38F2N4O5S/c1-25(2,3)18-13-19(17-7-9-27(28,29)10-8-17)31-20-14-21(38-23(18)20)24(35)33-12-11-32(16-26(33,4)5)22(34)15-39(36,37)30-6/h13-14,17,30H,7-12,15-16H2,1-6H3. The molecule has 3 heterocycles. The van der Waals surface area contributed by atoms with Crippen molar-refractivity contribution in [2.24, 2.45) is 0 Å². The van der Waals surface area contributed by atoms with Gasteiger partial charge in [-0.05, 0) is 45.2 Å². The van der Waals surface area contributed by atoms with Crippen LogP contribution in [0.3, 0.4) is 0 Å². The van der Waals surface area contributed by atoms with E-state index in [0.29, 0.717) is 23.9 Å². The first kappa shape index (κ1) is 29.4. The van der Waals surface area contributed by atoms with Gasteiger partial charge >= 0.3 is 0 Å². The fourth-order valence-electron chi connectivity index (χ4n) is 5.45. The third-order valence-corrected chi connectivity index (χ3v) is 9.03. The van der Waals surface area contributed by atoms with Crippen molar-refractivity contribution < 1.29 is 31.2 Å². The van der Waals surface area contributed by atoms with E-state index in [9.17, 15) is 26.8 Å². The lowest BCUT2D eigenvalue weighted by Gasteiger charge is -2.46. The summed E-state index contributed by atoms with van der Waals surface area (Å²) in [5.41, 5.74) is 1.49. The molecule has 1 N–H and O–H groups in total. The Morgan fingerprint density at radius 2 is 1.79 bits per heavy atom. The summed E-state index contributed by atoms with van der Waals surface area (Å²) in [6, 6.07) is 3.54. The van der Waals surface area contributed by atoms with Crippen LogP contribution in [0.15, 0.2) is 16.5 Å². The van der Waals surface area contributed by atoms with Crippen molar-refractivity contribution in [3.8, 4) is 0 Å². The summed E-state index contributed by atoms with van der Waals surface area (Å²) < 4.78 is 59.5. The van der Waals surface area contributed by atoms with Gasteiger partial charge in [0.25, 0.3) is 5.91 Å². The summed E-state index contributed by atoms with van der Waals surface area (Å²) in [6.07, 6.45) is 0.376. The zero-order chi connectivity index (χ0) is 29.0. The molecule has 1 aliphatic heterocycles. The van der Waals surface area contributed by atoms with Gasteiger partial charge in [-0.1, -0.05) is 20.8 Å². The Kier molecular flexibility index (Phi) is 7.61. The Labute approximate surface area is 228 Å². The summed E-state index contributed by atoms with van der Waals surface area (Å²) in [6.45, 7) is 10.3. The van der Waals surface area contributed by atoms with Crippen molar-refractivity contribution in [2.45, 2.75) is 83.1 Å². The van der Waals surface area contributed by atoms with Crippen molar-refractivity contribution >= 4 is 32.9 Å². The van der Waals surface area contributed by atoms with Crippen LogP contribution in [-0.2, 0) is 20.2 Å². The number of alkyl halides is 2. The molecule has 0 radical (unpaired) electrons. The number of rotatable bonds is 5. The molecular weight excluding hydrogens is 530 g/mol. The molecule has 216 valence electrons. The maximum absolute atomic E-state index is 13.8. The van der Waals surface area contributed by atoms with Gasteiger partial charge in [0.05, 0.1) is 5.54 Å². The first-order valence-corrected chi connectivity index (χ1v) is 14.9. The fraction of sp³-hybridized carbons (Fsp3) is 0.667. The highest BCUT2D eigenvalue weighted by Gasteiger charge is 2.41. The van der Waals surface area contributed by atoms with Crippen LogP contribution in [0.4, 0.5) is 8.78 Å². The Hall–Kier alpha value is -2.60. The van der Waals surface area contributed by atoms with Gasteiger partial charge in [0.2, 0.25) is 21.9 Å². The third kappa shape index (κ3) is 6.26. The molecule has 0 unspecified atom stereocenters. The normalized spacial score (nSPS) is 20.4. The zero-order valence-electron chi connectivity index (χ0n) is 23.4. The molecule has 1 saturated carbocycles. The highest BCUT2D eigenvalue weighted by atomic mass is 32.2. The number of fused-ring (bicyclic) bond motifs is 1. The minimum atomic E-state index is -3.71. The molecule has 0 atom stereocenters. The van der Waals surface area contributed by atoms with E-state index in [-0.39, 0.29) is 55.5 Å². The molecule has 1 saturated heterocycles. The van der Waals surface area contributed by atoms with Crippen LogP contribution in [0.25, 0.3) is 11.1 Å². The monoisotopic (exact) mass is 568 g/mol.